The number of rotatable bonds is 2. The molecule has 0 aromatic heterocycles. The molecule has 0 bridgehead atoms. The molecule has 0 aliphatic carbocycles. The molecule has 70 valence electrons. The Labute approximate surface area is 74.8 Å². The second-order valence-electron chi connectivity index (χ2n) is 2.53. The van der Waals surface area contributed by atoms with Crippen molar-refractivity contribution in [2.24, 2.45) is 0 Å². The molecule has 0 radical (unpaired) electrons. The van der Waals surface area contributed by atoms with E-state index in [0.717, 1.165) is 6.07 Å². The van der Waals surface area contributed by atoms with Crippen LogP contribution in [-0.2, 0) is 0 Å². The van der Waals surface area contributed by atoms with E-state index in [1.54, 1.807) is 0 Å². The maximum Gasteiger partial charge on any atom is 0.167 e. The Morgan fingerprint density at radius 1 is 1.54 bits per heavy atom. The Morgan fingerprint density at radius 2 is 2.15 bits per heavy atom. The number of carbonyl (C=O) groups excluding carboxylic acids is 1. The fourth-order valence-corrected chi connectivity index (χ4v) is 1.06. The molecular formula is C9H9FO3. The standard InChI is InChI=1S/C9H9FO3/c1-5(11)8-7(13-2)4-3-6(10)9(8)12/h3-4,12H,1-2H3. The molecule has 0 fully saturated rings. The predicted molar refractivity (Wildman–Crippen MR) is 44.6 cm³/mol. The molecule has 0 saturated heterocycles. The minimum Gasteiger partial charge on any atom is -0.504 e. The molecule has 0 aliphatic heterocycles. The van der Waals surface area contributed by atoms with Crippen LogP contribution in [0.3, 0.4) is 0 Å². The summed E-state index contributed by atoms with van der Waals surface area (Å²) in [6, 6.07) is 2.34. The van der Waals surface area contributed by atoms with Crippen LogP contribution in [0.5, 0.6) is 11.5 Å². The van der Waals surface area contributed by atoms with Crippen LogP contribution < -0.4 is 4.74 Å². The summed E-state index contributed by atoms with van der Waals surface area (Å²) < 4.78 is 17.6. The minimum atomic E-state index is -0.828. The number of methoxy groups -OCH3 is 1. The quantitative estimate of drug-likeness (QED) is 0.712. The first-order valence-corrected chi connectivity index (χ1v) is 3.64. The van der Waals surface area contributed by atoms with E-state index in [2.05, 4.69) is 0 Å². The lowest BCUT2D eigenvalue weighted by Gasteiger charge is -2.07. The molecule has 1 N–H and O–H groups in total. The Bertz CT molecular complexity index is 347. The van der Waals surface area contributed by atoms with Crippen LogP contribution >= 0.6 is 0 Å². The topological polar surface area (TPSA) is 46.5 Å². The van der Waals surface area contributed by atoms with Gasteiger partial charge in [0.2, 0.25) is 0 Å². The van der Waals surface area contributed by atoms with Crippen molar-refractivity contribution in [2.75, 3.05) is 7.11 Å². The van der Waals surface area contributed by atoms with Gasteiger partial charge in [0.1, 0.15) is 11.3 Å². The highest BCUT2D eigenvalue weighted by Gasteiger charge is 2.16. The van der Waals surface area contributed by atoms with Gasteiger partial charge in [0.05, 0.1) is 7.11 Å². The average Bonchev–Trinajstić information content (AvgIpc) is 2.08. The zero-order valence-electron chi connectivity index (χ0n) is 7.30. The monoisotopic (exact) mass is 184 g/mol. The SMILES string of the molecule is COc1ccc(F)c(O)c1C(C)=O. The number of ether oxygens (including phenoxy) is 1. The number of Topliss-reactive ketones (excluding diaryl/α,β-unsaturated/α-hetero) is 1. The maximum absolute atomic E-state index is 12.8. The van der Waals surface area contributed by atoms with Gasteiger partial charge in [0, 0.05) is 0 Å². The molecule has 1 aromatic rings. The zero-order valence-corrected chi connectivity index (χ0v) is 7.30. The van der Waals surface area contributed by atoms with Crippen molar-refractivity contribution in [3.8, 4) is 11.5 Å². The van der Waals surface area contributed by atoms with Crippen LogP contribution in [0.1, 0.15) is 17.3 Å². The number of ketones is 1. The highest BCUT2D eigenvalue weighted by molar-refractivity contribution is 5.99. The lowest BCUT2D eigenvalue weighted by molar-refractivity contribution is 0.101. The van der Waals surface area contributed by atoms with Crippen LogP contribution in [-0.4, -0.2) is 18.0 Å². The van der Waals surface area contributed by atoms with Gasteiger partial charge in [-0.1, -0.05) is 0 Å². The molecule has 3 nitrogen and oxygen atoms in total. The van der Waals surface area contributed by atoms with E-state index in [9.17, 15) is 14.3 Å². The molecule has 13 heavy (non-hydrogen) atoms. The summed E-state index contributed by atoms with van der Waals surface area (Å²) in [6.07, 6.45) is 0. The first-order chi connectivity index (χ1) is 6.07. The van der Waals surface area contributed by atoms with E-state index in [1.165, 1.54) is 20.1 Å². The van der Waals surface area contributed by atoms with Gasteiger partial charge in [-0.05, 0) is 19.1 Å². The first-order valence-electron chi connectivity index (χ1n) is 3.64. The van der Waals surface area contributed by atoms with Crippen LogP contribution in [0.4, 0.5) is 4.39 Å². The van der Waals surface area contributed by atoms with Gasteiger partial charge in [-0.2, -0.15) is 0 Å². The molecule has 0 spiro atoms. The molecule has 0 atom stereocenters. The Kier molecular flexibility index (Phi) is 2.51. The van der Waals surface area contributed by atoms with E-state index in [-0.39, 0.29) is 11.3 Å². The van der Waals surface area contributed by atoms with Gasteiger partial charge in [0.15, 0.2) is 17.3 Å². The third kappa shape index (κ3) is 1.61. The molecule has 0 heterocycles. The molecule has 1 aromatic carbocycles. The van der Waals surface area contributed by atoms with Crippen molar-refractivity contribution in [2.45, 2.75) is 6.92 Å². The predicted octanol–water partition coefficient (Wildman–Crippen LogP) is 1.74. The van der Waals surface area contributed by atoms with E-state index in [0.29, 0.717) is 0 Å². The van der Waals surface area contributed by atoms with E-state index in [4.69, 9.17) is 4.74 Å². The van der Waals surface area contributed by atoms with E-state index in [1.807, 2.05) is 0 Å². The van der Waals surface area contributed by atoms with Crippen molar-refractivity contribution in [1.82, 2.24) is 0 Å². The molecule has 0 amide bonds. The van der Waals surface area contributed by atoms with Crippen LogP contribution in [0.15, 0.2) is 12.1 Å². The number of phenolic OH excluding ortho intramolecular Hbond substituents is 1. The number of hydrogen-bond donors (Lipinski definition) is 1. The van der Waals surface area contributed by atoms with Gasteiger partial charge in [-0.15, -0.1) is 0 Å². The fraction of sp³-hybridized carbons (Fsp3) is 0.222. The summed E-state index contributed by atoms with van der Waals surface area (Å²) in [6.45, 7) is 1.23. The second-order valence-corrected chi connectivity index (χ2v) is 2.53. The normalized spacial score (nSPS) is 9.77. The number of benzene rings is 1. The van der Waals surface area contributed by atoms with Gasteiger partial charge in [-0.3, -0.25) is 4.79 Å². The van der Waals surface area contributed by atoms with Crippen LogP contribution in [0, 0.1) is 5.82 Å². The van der Waals surface area contributed by atoms with Crippen molar-refractivity contribution in [3.05, 3.63) is 23.5 Å². The van der Waals surface area contributed by atoms with Crippen molar-refractivity contribution < 1.29 is 19.0 Å². The lowest BCUT2D eigenvalue weighted by Crippen LogP contribution is -1.99. The smallest absolute Gasteiger partial charge is 0.167 e. The van der Waals surface area contributed by atoms with Gasteiger partial charge in [0.25, 0.3) is 0 Å². The largest absolute Gasteiger partial charge is 0.504 e. The summed E-state index contributed by atoms with van der Waals surface area (Å²) in [5.74, 6) is -1.75. The number of aromatic hydroxyl groups is 1. The van der Waals surface area contributed by atoms with Crippen molar-refractivity contribution in [3.63, 3.8) is 0 Å². The van der Waals surface area contributed by atoms with Gasteiger partial charge in [-0.25, -0.2) is 4.39 Å². The Hall–Kier alpha value is -1.58. The molecular weight excluding hydrogens is 175 g/mol. The summed E-state index contributed by atoms with van der Waals surface area (Å²) in [7, 11) is 1.35. The first kappa shape index (κ1) is 9.51. The average molecular weight is 184 g/mol. The molecule has 0 aliphatic rings. The number of halogens is 1. The number of phenols is 1. The molecule has 0 saturated carbocycles. The summed E-state index contributed by atoms with van der Waals surface area (Å²) >= 11 is 0. The highest BCUT2D eigenvalue weighted by atomic mass is 19.1. The Balaban J connectivity index is 3.41. The zero-order chi connectivity index (χ0) is 10.0. The van der Waals surface area contributed by atoms with E-state index >= 15 is 0 Å². The molecule has 4 heteroatoms. The third-order valence-corrected chi connectivity index (χ3v) is 1.66. The third-order valence-electron chi connectivity index (χ3n) is 1.66. The second kappa shape index (κ2) is 3.43. The van der Waals surface area contributed by atoms with Crippen molar-refractivity contribution in [1.29, 1.82) is 0 Å². The number of carbonyl (C=O) groups is 1. The number of hydrogen-bond acceptors (Lipinski definition) is 3. The Morgan fingerprint density at radius 3 is 2.62 bits per heavy atom. The summed E-state index contributed by atoms with van der Waals surface area (Å²) in [5, 5.41) is 9.20. The van der Waals surface area contributed by atoms with Crippen LogP contribution in [0.25, 0.3) is 0 Å². The molecule has 0 unspecified atom stereocenters. The van der Waals surface area contributed by atoms with Gasteiger partial charge >= 0.3 is 0 Å². The molecule has 1 rings (SSSR count). The lowest BCUT2D eigenvalue weighted by atomic mass is 10.1. The minimum absolute atomic E-state index is 0.123. The summed E-state index contributed by atoms with van der Waals surface area (Å²) in [4.78, 5) is 11.0. The highest BCUT2D eigenvalue weighted by Crippen LogP contribution is 2.30. The van der Waals surface area contributed by atoms with Crippen molar-refractivity contribution >= 4 is 5.78 Å². The maximum atomic E-state index is 12.8. The summed E-state index contributed by atoms with van der Waals surface area (Å²) in [5.41, 5.74) is -0.123. The van der Waals surface area contributed by atoms with Gasteiger partial charge < -0.3 is 9.84 Å². The fourth-order valence-electron chi connectivity index (χ4n) is 1.06. The van der Waals surface area contributed by atoms with E-state index < -0.39 is 17.3 Å². The van der Waals surface area contributed by atoms with Crippen LogP contribution in [0.2, 0.25) is 0 Å².